The first kappa shape index (κ1) is 12.3. The fraction of sp³-hybridized carbons (Fsp3) is 0.286. The van der Waals surface area contributed by atoms with E-state index >= 15 is 0 Å². The lowest BCUT2D eigenvalue weighted by Crippen LogP contribution is -2.30. The summed E-state index contributed by atoms with van der Waals surface area (Å²) in [5, 5.41) is 8.83. The third-order valence-corrected chi connectivity index (χ3v) is 4.00. The minimum atomic E-state index is 0.368. The van der Waals surface area contributed by atoms with Crippen LogP contribution >= 0.6 is 11.3 Å². The van der Waals surface area contributed by atoms with Crippen molar-refractivity contribution in [2.45, 2.75) is 26.1 Å². The summed E-state index contributed by atoms with van der Waals surface area (Å²) in [6.45, 7) is 3.84. The summed E-state index contributed by atoms with van der Waals surface area (Å²) in [5.41, 5.74) is 1.09. The van der Waals surface area contributed by atoms with E-state index in [0.29, 0.717) is 6.04 Å². The van der Waals surface area contributed by atoms with Gasteiger partial charge in [0.15, 0.2) is 0 Å². The Kier molecular flexibility index (Phi) is 3.57. The van der Waals surface area contributed by atoms with Crippen molar-refractivity contribution in [3.63, 3.8) is 0 Å². The average Bonchev–Trinajstić information content (AvgIpc) is 3.04. The monoisotopic (exact) mass is 272 g/mol. The molecule has 1 aromatic carbocycles. The molecule has 0 aliphatic heterocycles. The normalized spacial score (nSPS) is 12.9. The summed E-state index contributed by atoms with van der Waals surface area (Å²) in [5.74, 6) is 0. The zero-order valence-corrected chi connectivity index (χ0v) is 11.6. The number of para-hydroxylation sites is 1. The van der Waals surface area contributed by atoms with Crippen molar-refractivity contribution < 1.29 is 0 Å². The minimum Gasteiger partial charge on any atom is -0.306 e. The molecule has 0 bridgehead atoms. The fourth-order valence-electron chi connectivity index (χ4n) is 2.01. The lowest BCUT2D eigenvalue weighted by Gasteiger charge is -2.12. The Morgan fingerprint density at radius 2 is 2.21 bits per heavy atom. The van der Waals surface area contributed by atoms with Crippen molar-refractivity contribution in [3.05, 3.63) is 47.7 Å². The predicted octanol–water partition coefficient (Wildman–Crippen LogP) is 2.67. The highest BCUT2D eigenvalue weighted by Crippen LogP contribution is 2.21. The molecule has 0 saturated carbocycles. The first-order valence-electron chi connectivity index (χ1n) is 6.36. The fourth-order valence-corrected chi connectivity index (χ4v) is 2.93. The highest BCUT2D eigenvalue weighted by atomic mass is 32.1. The molecule has 2 heterocycles. The van der Waals surface area contributed by atoms with Gasteiger partial charge in [0.25, 0.3) is 0 Å². The van der Waals surface area contributed by atoms with Crippen LogP contribution in [0.1, 0.15) is 11.9 Å². The topological polar surface area (TPSA) is 42.7 Å². The number of hydrogen-bond acceptors (Lipinski definition) is 4. The molecule has 0 amide bonds. The van der Waals surface area contributed by atoms with Gasteiger partial charge in [-0.25, -0.2) is 4.98 Å². The zero-order valence-electron chi connectivity index (χ0n) is 10.8. The van der Waals surface area contributed by atoms with Gasteiger partial charge in [-0.3, -0.25) is 4.68 Å². The molecule has 3 rings (SSSR count). The molecule has 1 N–H and O–H groups in total. The van der Waals surface area contributed by atoms with E-state index in [9.17, 15) is 0 Å². The van der Waals surface area contributed by atoms with Crippen molar-refractivity contribution in [1.29, 1.82) is 0 Å². The summed E-state index contributed by atoms with van der Waals surface area (Å²) in [6.07, 6.45) is 3.79. The molecule has 1 atom stereocenters. The molecule has 98 valence electrons. The van der Waals surface area contributed by atoms with E-state index < -0.39 is 0 Å². The molecule has 0 radical (unpaired) electrons. The SMILES string of the molecule is CC(Cn1cccn1)NCc1nc2ccccc2s1. The van der Waals surface area contributed by atoms with E-state index in [1.54, 1.807) is 17.5 Å². The summed E-state index contributed by atoms with van der Waals surface area (Å²) in [6, 6.07) is 10.6. The summed E-state index contributed by atoms with van der Waals surface area (Å²) >= 11 is 1.75. The van der Waals surface area contributed by atoms with Crippen LogP contribution in [-0.2, 0) is 13.1 Å². The van der Waals surface area contributed by atoms with Crippen LogP contribution in [0.2, 0.25) is 0 Å². The van der Waals surface area contributed by atoms with E-state index in [-0.39, 0.29) is 0 Å². The number of thiazole rings is 1. The molecule has 3 aromatic rings. The molecule has 0 saturated heterocycles. The Bertz CT molecular complexity index is 611. The lowest BCUT2D eigenvalue weighted by atomic mass is 10.3. The molecule has 2 aromatic heterocycles. The zero-order chi connectivity index (χ0) is 13.1. The van der Waals surface area contributed by atoms with Crippen molar-refractivity contribution >= 4 is 21.6 Å². The van der Waals surface area contributed by atoms with Crippen molar-refractivity contribution in [3.8, 4) is 0 Å². The maximum atomic E-state index is 4.62. The molecule has 5 heteroatoms. The summed E-state index contributed by atoms with van der Waals surface area (Å²) in [4.78, 5) is 4.62. The number of nitrogens with zero attached hydrogens (tertiary/aromatic N) is 3. The largest absolute Gasteiger partial charge is 0.306 e. The van der Waals surface area contributed by atoms with E-state index in [0.717, 1.165) is 23.6 Å². The second-order valence-electron chi connectivity index (χ2n) is 4.59. The van der Waals surface area contributed by atoms with Gasteiger partial charge < -0.3 is 5.32 Å². The standard InChI is InChI=1S/C14H16N4S/c1-11(10-18-8-4-7-16-18)15-9-14-17-12-5-2-3-6-13(12)19-14/h2-8,11,15H,9-10H2,1H3. The number of aromatic nitrogens is 3. The van der Waals surface area contributed by atoms with E-state index in [1.165, 1.54) is 4.70 Å². The second-order valence-corrected chi connectivity index (χ2v) is 5.70. The van der Waals surface area contributed by atoms with Gasteiger partial charge in [-0.2, -0.15) is 5.10 Å². The predicted molar refractivity (Wildman–Crippen MR) is 78.1 cm³/mol. The second kappa shape index (κ2) is 5.50. The average molecular weight is 272 g/mol. The van der Waals surface area contributed by atoms with Crippen LogP contribution in [0, 0.1) is 0 Å². The quantitative estimate of drug-likeness (QED) is 0.776. The molecule has 1 unspecified atom stereocenters. The summed E-state index contributed by atoms with van der Waals surface area (Å²) in [7, 11) is 0. The van der Waals surface area contributed by atoms with E-state index in [4.69, 9.17) is 0 Å². The molecule has 0 fully saturated rings. The van der Waals surface area contributed by atoms with Crippen LogP contribution in [0.3, 0.4) is 0 Å². The van der Waals surface area contributed by atoms with Crippen LogP contribution < -0.4 is 5.32 Å². The number of nitrogens with one attached hydrogen (secondary N) is 1. The maximum absolute atomic E-state index is 4.62. The highest BCUT2D eigenvalue weighted by Gasteiger charge is 2.06. The molecular weight excluding hydrogens is 256 g/mol. The van der Waals surface area contributed by atoms with Crippen molar-refractivity contribution in [1.82, 2.24) is 20.1 Å². The lowest BCUT2D eigenvalue weighted by molar-refractivity contribution is 0.450. The number of rotatable bonds is 5. The van der Waals surface area contributed by atoms with Gasteiger partial charge in [0, 0.05) is 25.0 Å². The summed E-state index contributed by atoms with van der Waals surface area (Å²) < 4.78 is 3.19. The van der Waals surface area contributed by atoms with Gasteiger partial charge in [-0.05, 0) is 25.1 Å². The van der Waals surface area contributed by atoms with Gasteiger partial charge >= 0.3 is 0 Å². The van der Waals surface area contributed by atoms with Crippen LogP contribution in [-0.4, -0.2) is 20.8 Å². The van der Waals surface area contributed by atoms with Gasteiger partial charge in [0.05, 0.1) is 16.8 Å². The molecule has 0 aliphatic rings. The Morgan fingerprint density at radius 3 is 3.00 bits per heavy atom. The molecule has 19 heavy (non-hydrogen) atoms. The molecule has 0 spiro atoms. The highest BCUT2D eigenvalue weighted by molar-refractivity contribution is 7.18. The Morgan fingerprint density at radius 1 is 1.32 bits per heavy atom. The van der Waals surface area contributed by atoms with Gasteiger partial charge in [0.1, 0.15) is 5.01 Å². The number of benzene rings is 1. The Balaban J connectivity index is 1.59. The van der Waals surface area contributed by atoms with E-state index in [1.807, 2.05) is 23.0 Å². The van der Waals surface area contributed by atoms with Crippen molar-refractivity contribution in [2.75, 3.05) is 0 Å². The first-order valence-corrected chi connectivity index (χ1v) is 7.18. The van der Waals surface area contributed by atoms with E-state index in [2.05, 4.69) is 40.5 Å². The van der Waals surface area contributed by atoms with Crippen LogP contribution in [0.4, 0.5) is 0 Å². The van der Waals surface area contributed by atoms with Gasteiger partial charge in [0.2, 0.25) is 0 Å². The Hall–Kier alpha value is -1.72. The minimum absolute atomic E-state index is 0.368. The third kappa shape index (κ3) is 3.00. The molecule has 0 aliphatic carbocycles. The number of fused-ring (bicyclic) bond motifs is 1. The van der Waals surface area contributed by atoms with Crippen molar-refractivity contribution in [2.24, 2.45) is 0 Å². The third-order valence-electron chi connectivity index (χ3n) is 2.96. The molecule has 4 nitrogen and oxygen atoms in total. The Labute approximate surface area is 116 Å². The van der Waals surface area contributed by atoms with Crippen LogP contribution in [0.15, 0.2) is 42.7 Å². The first-order chi connectivity index (χ1) is 9.31. The molecular formula is C14H16N4S. The smallest absolute Gasteiger partial charge is 0.108 e. The van der Waals surface area contributed by atoms with Gasteiger partial charge in [-0.15, -0.1) is 11.3 Å². The number of hydrogen-bond donors (Lipinski definition) is 1. The maximum Gasteiger partial charge on any atom is 0.108 e. The van der Waals surface area contributed by atoms with Crippen LogP contribution in [0.5, 0.6) is 0 Å². The van der Waals surface area contributed by atoms with Crippen LogP contribution in [0.25, 0.3) is 10.2 Å². The van der Waals surface area contributed by atoms with Gasteiger partial charge in [-0.1, -0.05) is 12.1 Å².